The molecule has 1 aliphatic rings. The molecule has 33 heavy (non-hydrogen) atoms. The molecule has 0 bridgehead atoms. The van der Waals surface area contributed by atoms with E-state index in [1.165, 1.54) is 0 Å². The molecule has 1 heterocycles. The largest absolute Gasteiger partial charge is 0.480 e. The molecule has 0 saturated carbocycles. The maximum atomic E-state index is 12.7. The van der Waals surface area contributed by atoms with Crippen LogP contribution in [-0.2, 0) is 25.5 Å². The lowest BCUT2D eigenvalue weighted by Crippen LogP contribution is -2.44. The third-order valence-electron chi connectivity index (χ3n) is 5.77. The smallest absolute Gasteiger partial charge is 0.410 e. The van der Waals surface area contributed by atoms with E-state index in [-0.39, 0.29) is 42.8 Å². The summed E-state index contributed by atoms with van der Waals surface area (Å²) < 4.78 is 11.4. The molecular weight excluding hydrogens is 424 g/mol. The summed E-state index contributed by atoms with van der Waals surface area (Å²) in [5.74, 6) is -1.51. The van der Waals surface area contributed by atoms with E-state index in [2.05, 4.69) is 0 Å². The molecule has 1 saturated heterocycles. The Kier molecular flexibility index (Phi) is 9.70. The molecule has 184 valence electrons. The highest BCUT2D eigenvalue weighted by Crippen LogP contribution is 2.27. The van der Waals surface area contributed by atoms with Gasteiger partial charge in [0.1, 0.15) is 17.7 Å². The summed E-state index contributed by atoms with van der Waals surface area (Å²) in [6.45, 7) is 8.43. The van der Waals surface area contributed by atoms with Gasteiger partial charge in [0.05, 0.1) is 0 Å². The molecule has 2 rings (SSSR count). The Morgan fingerprint density at radius 2 is 1.76 bits per heavy atom. The van der Waals surface area contributed by atoms with Crippen molar-refractivity contribution in [2.24, 2.45) is 17.6 Å². The van der Waals surface area contributed by atoms with Gasteiger partial charge < -0.3 is 25.2 Å². The minimum Gasteiger partial charge on any atom is -0.480 e. The molecule has 0 aliphatic carbocycles. The predicted molar refractivity (Wildman–Crippen MR) is 125 cm³/mol. The highest BCUT2D eigenvalue weighted by atomic mass is 16.6. The van der Waals surface area contributed by atoms with Gasteiger partial charge >= 0.3 is 18.0 Å². The molecule has 3 N–H and O–H groups in total. The zero-order valence-electron chi connectivity index (χ0n) is 20.2. The quantitative estimate of drug-likeness (QED) is 0.538. The van der Waals surface area contributed by atoms with E-state index >= 15 is 0 Å². The molecule has 2 unspecified atom stereocenters. The van der Waals surface area contributed by atoms with Gasteiger partial charge in [-0.3, -0.25) is 9.59 Å². The van der Waals surface area contributed by atoms with Crippen molar-refractivity contribution in [2.75, 3.05) is 13.1 Å². The molecule has 8 heteroatoms. The highest BCUT2D eigenvalue weighted by molar-refractivity contribution is 5.73. The molecule has 1 aliphatic heterocycles. The van der Waals surface area contributed by atoms with Crippen LogP contribution in [0, 0.1) is 11.8 Å². The fourth-order valence-electron chi connectivity index (χ4n) is 4.05. The van der Waals surface area contributed by atoms with E-state index in [1.807, 2.05) is 51.1 Å². The Balaban J connectivity index is 1.99. The number of amides is 1. The molecular formula is C25H38N2O6. The molecule has 8 nitrogen and oxygen atoms in total. The number of nitrogens with two attached hydrogens (primary N) is 1. The maximum absolute atomic E-state index is 12.7. The van der Waals surface area contributed by atoms with Gasteiger partial charge in [0, 0.05) is 25.9 Å². The molecule has 1 aromatic rings. The number of carbonyl (C=O) groups excluding carboxylic acids is 2. The SMILES string of the molecule is CC(CC(=O)OC(Cc1ccccc1)C1CCN(C(=O)OC(C)(C)C)CC1)C[C@H](N)C(=O)O. The number of hydrogen-bond donors (Lipinski definition) is 2. The van der Waals surface area contributed by atoms with Crippen molar-refractivity contribution in [3.63, 3.8) is 0 Å². The monoisotopic (exact) mass is 462 g/mol. The molecule has 3 atom stereocenters. The van der Waals surface area contributed by atoms with Gasteiger partial charge in [-0.25, -0.2) is 4.79 Å². The average Bonchev–Trinajstić information content (AvgIpc) is 2.72. The zero-order valence-corrected chi connectivity index (χ0v) is 20.2. The minimum atomic E-state index is -1.08. The number of hydrogen-bond acceptors (Lipinski definition) is 6. The van der Waals surface area contributed by atoms with Crippen molar-refractivity contribution in [1.29, 1.82) is 0 Å². The van der Waals surface area contributed by atoms with E-state index in [0.29, 0.717) is 32.4 Å². The first kappa shape index (κ1) is 26.6. The first-order chi connectivity index (χ1) is 15.4. The summed E-state index contributed by atoms with van der Waals surface area (Å²) in [4.78, 5) is 37.8. The Morgan fingerprint density at radius 3 is 2.30 bits per heavy atom. The Labute approximate surface area is 196 Å². The van der Waals surface area contributed by atoms with Crippen molar-refractivity contribution in [3.05, 3.63) is 35.9 Å². The van der Waals surface area contributed by atoms with Crippen LogP contribution in [0.1, 0.15) is 58.9 Å². The van der Waals surface area contributed by atoms with Crippen LogP contribution in [0.5, 0.6) is 0 Å². The summed E-state index contributed by atoms with van der Waals surface area (Å²) in [5, 5.41) is 8.99. The van der Waals surface area contributed by atoms with Crippen molar-refractivity contribution in [3.8, 4) is 0 Å². The Morgan fingerprint density at radius 1 is 1.15 bits per heavy atom. The highest BCUT2D eigenvalue weighted by Gasteiger charge is 2.33. The fraction of sp³-hybridized carbons (Fsp3) is 0.640. The summed E-state index contributed by atoms with van der Waals surface area (Å²) in [7, 11) is 0. The summed E-state index contributed by atoms with van der Waals surface area (Å²) in [6, 6.07) is 8.86. The van der Waals surface area contributed by atoms with Gasteiger partial charge in [-0.15, -0.1) is 0 Å². The van der Waals surface area contributed by atoms with Crippen LogP contribution in [0.15, 0.2) is 30.3 Å². The normalized spacial score (nSPS) is 17.7. The van der Waals surface area contributed by atoms with Gasteiger partial charge in [-0.2, -0.15) is 0 Å². The van der Waals surface area contributed by atoms with Crippen molar-refractivity contribution in [2.45, 2.75) is 77.5 Å². The van der Waals surface area contributed by atoms with Crippen LogP contribution < -0.4 is 5.73 Å². The van der Waals surface area contributed by atoms with E-state index in [1.54, 1.807) is 11.8 Å². The number of rotatable bonds is 9. The van der Waals surface area contributed by atoms with Crippen LogP contribution in [0.2, 0.25) is 0 Å². The van der Waals surface area contributed by atoms with Crippen molar-refractivity contribution >= 4 is 18.0 Å². The molecule has 0 aromatic heterocycles. The van der Waals surface area contributed by atoms with Gasteiger partial charge in [-0.05, 0) is 57.4 Å². The predicted octanol–water partition coefficient (Wildman–Crippen LogP) is 3.62. The van der Waals surface area contributed by atoms with E-state index in [4.69, 9.17) is 20.3 Å². The van der Waals surface area contributed by atoms with Crippen LogP contribution >= 0.6 is 0 Å². The second-order valence-corrected chi connectivity index (χ2v) is 10.0. The summed E-state index contributed by atoms with van der Waals surface area (Å²) in [5.41, 5.74) is 6.13. The molecule has 1 fully saturated rings. The van der Waals surface area contributed by atoms with Crippen LogP contribution in [0.3, 0.4) is 0 Å². The Hall–Kier alpha value is -2.61. The van der Waals surface area contributed by atoms with Gasteiger partial charge in [0.2, 0.25) is 0 Å². The van der Waals surface area contributed by atoms with Crippen molar-refractivity contribution in [1.82, 2.24) is 4.90 Å². The first-order valence-corrected chi connectivity index (χ1v) is 11.6. The molecule has 1 aromatic carbocycles. The Bertz CT molecular complexity index is 784. The molecule has 0 spiro atoms. The van der Waals surface area contributed by atoms with E-state index < -0.39 is 17.6 Å². The summed E-state index contributed by atoms with van der Waals surface area (Å²) >= 11 is 0. The van der Waals surface area contributed by atoms with Crippen LogP contribution in [0.4, 0.5) is 4.79 Å². The lowest BCUT2D eigenvalue weighted by Gasteiger charge is -2.36. The van der Waals surface area contributed by atoms with Gasteiger partial charge in [-0.1, -0.05) is 37.3 Å². The lowest BCUT2D eigenvalue weighted by molar-refractivity contribution is -0.154. The summed E-state index contributed by atoms with van der Waals surface area (Å²) in [6.07, 6.45) is 1.70. The fourth-order valence-corrected chi connectivity index (χ4v) is 4.05. The number of likely N-dealkylation sites (tertiary alicyclic amines) is 1. The number of benzene rings is 1. The third-order valence-corrected chi connectivity index (χ3v) is 5.77. The number of carboxylic acids is 1. The minimum absolute atomic E-state index is 0.114. The number of aliphatic carboxylic acids is 1. The molecule has 0 radical (unpaired) electrons. The van der Waals surface area contributed by atoms with Gasteiger partial charge in [0.25, 0.3) is 0 Å². The maximum Gasteiger partial charge on any atom is 0.410 e. The standard InChI is InChI=1S/C25H38N2O6/c1-17(14-20(26)23(29)30)15-22(28)32-21(16-18-8-6-5-7-9-18)19-10-12-27(13-11-19)24(31)33-25(2,3)4/h5-9,17,19-21H,10-16,26H2,1-4H3,(H,29,30)/t17?,20-,21?/m0/s1. The average molecular weight is 463 g/mol. The van der Waals surface area contributed by atoms with Gasteiger partial charge in [0.15, 0.2) is 0 Å². The zero-order chi connectivity index (χ0) is 24.6. The van der Waals surface area contributed by atoms with Crippen LogP contribution in [-0.4, -0.2) is 58.9 Å². The van der Waals surface area contributed by atoms with Crippen LogP contribution in [0.25, 0.3) is 0 Å². The lowest BCUT2D eigenvalue weighted by atomic mass is 9.87. The van der Waals surface area contributed by atoms with E-state index in [9.17, 15) is 14.4 Å². The number of nitrogens with zero attached hydrogens (tertiary/aromatic N) is 1. The number of carboxylic acid groups (broad SMARTS) is 1. The number of piperidine rings is 1. The number of esters is 1. The number of carbonyl (C=O) groups is 3. The second kappa shape index (κ2) is 12.0. The number of ether oxygens (including phenoxy) is 2. The van der Waals surface area contributed by atoms with E-state index in [0.717, 1.165) is 5.56 Å². The van der Waals surface area contributed by atoms with Crippen molar-refractivity contribution < 1.29 is 29.0 Å². The first-order valence-electron chi connectivity index (χ1n) is 11.6. The third kappa shape index (κ3) is 9.42. The molecule has 1 amide bonds. The second-order valence-electron chi connectivity index (χ2n) is 10.0. The topological polar surface area (TPSA) is 119 Å².